The smallest absolute Gasteiger partial charge is 0.266 e. The molecule has 148 valence electrons. The van der Waals surface area contributed by atoms with Crippen molar-refractivity contribution in [3.8, 4) is 6.07 Å². The van der Waals surface area contributed by atoms with Crippen LogP contribution in [0.4, 0.5) is 11.4 Å². The lowest BCUT2D eigenvalue weighted by Crippen LogP contribution is -2.14. The van der Waals surface area contributed by atoms with E-state index in [1.54, 1.807) is 42.5 Å². The van der Waals surface area contributed by atoms with Gasteiger partial charge in [-0.3, -0.25) is 9.59 Å². The molecule has 0 radical (unpaired) electrons. The summed E-state index contributed by atoms with van der Waals surface area (Å²) in [4.78, 5) is 24.9. The van der Waals surface area contributed by atoms with Crippen LogP contribution in [0.3, 0.4) is 0 Å². The van der Waals surface area contributed by atoms with Gasteiger partial charge in [-0.05, 0) is 61.4 Å². The minimum atomic E-state index is -0.485. The lowest BCUT2D eigenvalue weighted by Gasteiger charge is -2.08. The molecule has 0 aliphatic carbocycles. The lowest BCUT2D eigenvalue weighted by atomic mass is 10.1. The fourth-order valence-corrected chi connectivity index (χ4v) is 2.83. The van der Waals surface area contributed by atoms with Crippen molar-refractivity contribution in [1.82, 2.24) is 0 Å². The van der Waals surface area contributed by atoms with Crippen molar-refractivity contribution in [2.24, 2.45) is 0 Å². The summed E-state index contributed by atoms with van der Waals surface area (Å²) in [5.41, 5.74) is 4.37. The lowest BCUT2D eigenvalue weighted by molar-refractivity contribution is -0.112. The minimum absolute atomic E-state index is 0.0275. The second-order valence-corrected chi connectivity index (χ2v) is 6.88. The number of benzene rings is 3. The summed E-state index contributed by atoms with van der Waals surface area (Å²) in [7, 11) is 0. The van der Waals surface area contributed by atoms with Gasteiger partial charge in [-0.25, -0.2) is 0 Å². The number of hydrogen-bond acceptors (Lipinski definition) is 3. The van der Waals surface area contributed by atoms with Crippen molar-refractivity contribution in [2.45, 2.75) is 13.8 Å². The minimum Gasteiger partial charge on any atom is -0.322 e. The van der Waals surface area contributed by atoms with Crippen molar-refractivity contribution in [1.29, 1.82) is 5.26 Å². The average molecular weight is 395 g/mol. The molecule has 3 aromatic carbocycles. The van der Waals surface area contributed by atoms with Gasteiger partial charge in [0, 0.05) is 16.9 Å². The van der Waals surface area contributed by atoms with Crippen LogP contribution in [0.5, 0.6) is 0 Å². The molecule has 0 unspecified atom stereocenters. The Morgan fingerprint density at radius 3 is 2.33 bits per heavy atom. The van der Waals surface area contributed by atoms with Crippen LogP contribution in [-0.2, 0) is 4.79 Å². The molecule has 2 amide bonds. The SMILES string of the molecule is Cc1ccc(C(=O)Nc2cccc(/C=C(\C#N)C(=O)Nc3ccccc3C)c2)cc1. The summed E-state index contributed by atoms with van der Waals surface area (Å²) >= 11 is 0. The molecule has 0 bridgehead atoms. The largest absolute Gasteiger partial charge is 0.322 e. The standard InChI is InChI=1S/C25H21N3O2/c1-17-10-12-20(13-11-17)24(29)27-22-8-5-7-19(15-22)14-21(16-26)25(30)28-23-9-4-3-6-18(23)2/h3-15H,1-2H3,(H,27,29)(H,28,30)/b21-14+. The Morgan fingerprint density at radius 2 is 1.63 bits per heavy atom. The normalized spacial score (nSPS) is 10.8. The molecule has 0 aromatic heterocycles. The number of rotatable bonds is 5. The van der Waals surface area contributed by atoms with Gasteiger partial charge in [-0.2, -0.15) is 5.26 Å². The van der Waals surface area contributed by atoms with Gasteiger partial charge in [0.1, 0.15) is 11.6 Å². The van der Waals surface area contributed by atoms with Crippen molar-refractivity contribution in [3.05, 3.63) is 101 Å². The molecule has 0 heterocycles. The van der Waals surface area contributed by atoms with Crippen LogP contribution in [0.1, 0.15) is 27.0 Å². The van der Waals surface area contributed by atoms with E-state index in [0.717, 1.165) is 11.1 Å². The zero-order valence-electron chi connectivity index (χ0n) is 16.8. The van der Waals surface area contributed by atoms with Gasteiger partial charge in [0.05, 0.1) is 0 Å². The first-order valence-electron chi connectivity index (χ1n) is 9.43. The maximum Gasteiger partial charge on any atom is 0.266 e. The second kappa shape index (κ2) is 9.35. The monoisotopic (exact) mass is 395 g/mol. The Balaban J connectivity index is 1.76. The van der Waals surface area contributed by atoms with E-state index >= 15 is 0 Å². The third-order valence-electron chi connectivity index (χ3n) is 4.53. The van der Waals surface area contributed by atoms with Gasteiger partial charge in [-0.15, -0.1) is 0 Å². The highest BCUT2D eigenvalue weighted by Gasteiger charge is 2.11. The van der Waals surface area contributed by atoms with E-state index in [2.05, 4.69) is 10.6 Å². The molecule has 0 spiro atoms. The van der Waals surface area contributed by atoms with Crippen molar-refractivity contribution in [2.75, 3.05) is 10.6 Å². The quantitative estimate of drug-likeness (QED) is 0.466. The van der Waals surface area contributed by atoms with E-state index in [-0.39, 0.29) is 11.5 Å². The van der Waals surface area contributed by atoms with Crippen LogP contribution in [0, 0.1) is 25.2 Å². The van der Waals surface area contributed by atoms with Crippen LogP contribution in [-0.4, -0.2) is 11.8 Å². The molecule has 0 aliphatic heterocycles. The summed E-state index contributed by atoms with van der Waals surface area (Å²) < 4.78 is 0. The van der Waals surface area contributed by atoms with Crippen molar-refractivity contribution in [3.63, 3.8) is 0 Å². The Hall–Kier alpha value is -4.17. The van der Waals surface area contributed by atoms with Gasteiger partial charge < -0.3 is 10.6 Å². The molecule has 30 heavy (non-hydrogen) atoms. The van der Waals surface area contributed by atoms with Crippen LogP contribution in [0.2, 0.25) is 0 Å². The van der Waals surface area contributed by atoms with Crippen LogP contribution >= 0.6 is 0 Å². The number of nitriles is 1. The fourth-order valence-electron chi connectivity index (χ4n) is 2.83. The second-order valence-electron chi connectivity index (χ2n) is 6.88. The number of nitrogens with one attached hydrogen (secondary N) is 2. The van der Waals surface area contributed by atoms with E-state index in [4.69, 9.17) is 0 Å². The van der Waals surface area contributed by atoms with E-state index in [1.165, 1.54) is 6.08 Å². The van der Waals surface area contributed by atoms with E-state index in [9.17, 15) is 14.9 Å². The highest BCUT2D eigenvalue weighted by atomic mass is 16.2. The molecule has 5 heteroatoms. The highest BCUT2D eigenvalue weighted by Crippen LogP contribution is 2.18. The van der Waals surface area contributed by atoms with Gasteiger partial charge in [0.15, 0.2) is 0 Å². The number of amides is 2. The first-order chi connectivity index (χ1) is 14.5. The molecular formula is C25H21N3O2. The maximum absolute atomic E-state index is 12.5. The third-order valence-corrected chi connectivity index (χ3v) is 4.53. The van der Waals surface area contributed by atoms with Gasteiger partial charge in [-0.1, -0.05) is 48.0 Å². The van der Waals surface area contributed by atoms with E-state index in [0.29, 0.717) is 22.5 Å². The zero-order valence-corrected chi connectivity index (χ0v) is 16.8. The predicted octanol–water partition coefficient (Wildman–Crippen LogP) is 5.10. The number of carbonyl (C=O) groups is 2. The van der Waals surface area contributed by atoms with Gasteiger partial charge >= 0.3 is 0 Å². The molecule has 0 saturated heterocycles. The fraction of sp³-hybridized carbons (Fsp3) is 0.0800. The third kappa shape index (κ3) is 5.21. The first-order valence-corrected chi connectivity index (χ1v) is 9.43. The number of para-hydroxylation sites is 1. The van der Waals surface area contributed by atoms with Crippen molar-refractivity contribution < 1.29 is 9.59 Å². The molecule has 5 nitrogen and oxygen atoms in total. The van der Waals surface area contributed by atoms with E-state index in [1.807, 2.05) is 50.2 Å². The molecule has 0 atom stereocenters. The molecule has 0 fully saturated rings. The summed E-state index contributed by atoms with van der Waals surface area (Å²) in [6.07, 6.45) is 1.50. The van der Waals surface area contributed by atoms with Gasteiger partial charge in [0.2, 0.25) is 0 Å². The van der Waals surface area contributed by atoms with Gasteiger partial charge in [0.25, 0.3) is 11.8 Å². The highest BCUT2D eigenvalue weighted by molar-refractivity contribution is 6.10. The first kappa shape index (κ1) is 20.6. The van der Waals surface area contributed by atoms with Crippen LogP contribution < -0.4 is 10.6 Å². The molecule has 0 saturated carbocycles. The molecule has 3 aromatic rings. The Kier molecular flexibility index (Phi) is 6.41. The molecule has 2 N–H and O–H groups in total. The number of aryl methyl sites for hydroxylation is 2. The molecule has 3 rings (SSSR count). The molecule has 0 aliphatic rings. The number of carbonyl (C=O) groups excluding carboxylic acids is 2. The van der Waals surface area contributed by atoms with E-state index < -0.39 is 5.91 Å². The Labute approximate surface area is 175 Å². The summed E-state index contributed by atoms with van der Waals surface area (Å²) in [6, 6.07) is 23.6. The zero-order chi connectivity index (χ0) is 21.5. The summed E-state index contributed by atoms with van der Waals surface area (Å²) in [5, 5.41) is 15.0. The topological polar surface area (TPSA) is 82.0 Å². The Bertz CT molecular complexity index is 1160. The maximum atomic E-state index is 12.5. The summed E-state index contributed by atoms with van der Waals surface area (Å²) in [6.45, 7) is 3.84. The Morgan fingerprint density at radius 1 is 0.900 bits per heavy atom. The van der Waals surface area contributed by atoms with Crippen molar-refractivity contribution >= 4 is 29.3 Å². The number of nitrogens with zero attached hydrogens (tertiary/aromatic N) is 1. The summed E-state index contributed by atoms with van der Waals surface area (Å²) in [5.74, 6) is -0.713. The van der Waals surface area contributed by atoms with Crippen LogP contribution in [0.25, 0.3) is 6.08 Å². The average Bonchev–Trinajstić information content (AvgIpc) is 2.74. The molecular weight excluding hydrogens is 374 g/mol. The van der Waals surface area contributed by atoms with Crippen LogP contribution in [0.15, 0.2) is 78.4 Å². The number of hydrogen-bond donors (Lipinski definition) is 2. The predicted molar refractivity (Wildman–Crippen MR) is 119 cm³/mol. The number of anilines is 2.